The lowest BCUT2D eigenvalue weighted by Crippen LogP contribution is -2.13. The van der Waals surface area contributed by atoms with Crippen molar-refractivity contribution in [3.63, 3.8) is 0 Å². The molecule has 5 heteroatoms. The van der Waals surface area contributed by atoms with Crippen LogP contribution in [0.1, 0.15) is 28.4 Å². The van der Waals surface area contributed by atoms with Gasteiger partial charge in [0, 0.05) is 5.57 Å². The molecule has 0 saturated heterocycles. The molecular weight excluding hydrogens is 314 g/mol. The van der Waals surface area contributed by atoms with Gasteiger partial charge in [0.25, 0.3) is 5.91 Å². The first-order chi connectivity index (χ1) is 10.9. The number of aryl methyl sites for hydroxylation is 1. The highest BCUT2D eigenvalue weighted by atomic mass is 35.5. The molecule has 118 valence electrons. The SMILES string of the molecule is CC(=Cc1ccc(C)cc1)C(=O)Nc1cc(C(=O)O)ccc1Cl. The van der Waals surface area contributed by atoms with Gasteiger partial charge in [0.15, 0.2) is 0 Å². The zero-order chi connectivity index (χ0) is 17.0. The Balaban J connectivity index is 2.19. The molecule has 1 amide bonds. The highest BCUT2D eigenvalue weighted by Gasteiger charge is 2.11. The molecule has 2 N–H and O–H groups in total. The van der Waals surface area contributed by atoms with Crippen LogP contribution in [0.5, 0.6) is 0 Å². The van der Waals surface area contributed by atoms with E-state index in [1.165, 1.54) is 18.2 Å². The van der Waals surface area contributed by atoms with Gasteiger partial charge >= 0.3 is 5.97 Å². The summed E-state index contributed by atoms with van der Waals surface area (Å²) in [6.45, 7) is 3.68. The number of anilines is 1. The number of hydrogen-bond donors (Lipinski definition) is 2. The Labute approximate surface area is 139 Å². The van der Waals surface area contributed by atoms with Crippen LogP contribution < -0.4 is 5.32 Å². The smallest absolute Gasteiger partial charge is 0.335 e. The van der Waals surface area contributed by atoms with E-state index in [0.717, 1.165) is 11.1 Å². The van der Waals surface area contributed by atoms with Gasteiger partial charge < -0.3 is 10.4 Å². The molecule has 0 aliphatic carbocycles. The van der Waals surface area contributed by atoms with E-state index >= 15 is 0 Å². The standard InChI is InChI=1S/C18H16ClNO3/c1-11-3-5-13(6-4-11)9-12(2)17(21)20-16-10-14(18(22)23)7-8-15(16)19/h3-10H,1-2H3,(H,20,21)(H,22,23). The highest BCUT2D eigenvalue weighted by Crippen LogP contribution is 2.24. The van der Waals surface area contributed by atoms with Crippen LogP contribution in [0.2, 0.25) is 5.02 Å². The molecule has 0 aromatic heterocycles. The summed E-state index contributed by atoms with van der Waals surface area (Å²) in [5.74, 6) is -1.42. The summed E-state index contributed by atoms with van der Waals surface area (Å²) in [5, 5.41) is 11.9. The van der Waals surface area contributed by atoms with E-state index < -0.39 is 5.97 Å². The maximum atomic E-state index is 12.2. The Kier molecular flexibility index (Phi) is 5.19. The predicted octanol–water partition coefficient (Wildman–Crippen LogP) is 4.39. The summed E-state index contributed by atoms with van der Waals surface area (Å²) in [7, 11) is 0. The Morgan fingerprint density at radius 3 is 2.39 bits per heavy atom. The molecule has 0 bridgehead atoms. The van der Waals surface area contributed by atoms with Crippen LogP contribution in [0.15, 0.2) is 48.0 Å². The maximum Gasteiger partial charge on any atom is 0.335 e. The number of halogens is 1. The van der Waals surface area contributed by atoms with Crippen LogP contribution in [-0.2, 0) is 4.79 Å². The molecule has 0 aliphatic heterocycles. The maximum absolute atomic E-state index is 12.2. The molecule has 2 aromatic rings. The summed E-state index contributed by atoms with van der Waals surface area (Å²) in [5.41, 5.74) is 2.87. The molecule has 0 aliphatic rings. The van der Waals surface area contributed by atoms with Gasteiger partial charge in [-0.1, -0.05) is 41.4 Å². The molecule has 2 rings (SSSR count). The van der Waals surface area contributed by atoms with Crippen LogP contribution in [0.25, 0.3) is 6.08 Å². The first-order valence-electron chi connectivity index (χ1n) is 6.96. The van der Waals surface area contributed by atoms with E-state index in [4.69, 9.17) is 16.7 Å². The average Bonchev–Trinajstić information content (AvgIpc) is 2.51. The summed E-state index contributed by atoms with van der Waals surface area (Å²) in [4.78, 5) is 23.2. The van der Waals surface area contributed by atoms with Gasteiger partial charge in [-0.3, -0.25) is 4.79 Å². The second kappa shape index (κ2) is 7.11. The van der Waals surface area contributed by atoms with Gasteiger partial charge in [0.05, 0.1) is 16.3 Å². The largest absolute Gasteiger partial charge is 0.478 e. The summed E-state index contributed by atoms with van der Waals surface area (Å²) in [6.07, 6.45) is 1.75. The molecule has 0 radical (unpaired) electrons. The van der Waals surface area contributed by atoms with E-state index in [1.807, 2.05) is 31.2 Å². The fourth-order valence-corrected chi connectivity index (χ4v) is 2.12. The van der Waals surface area contributed by atoms with Crippen molar-refractivity contribution in [2.75, 3.05) is 5.32 Å². The first-order valence-corrected chi connectivity index (χ1v) is 7.34. The molecule has 0 atom stereocenters. The predicted molar refractivity (Wildman–Crippen MR) is 91.9 cm³/mol. The monoisotopic (exact) mass is 329 g/mol. The fraction of sp³-hybridized carbons (Fsp3) is 0.111. The lowest BCUT2D eigenvalue weighted by atomic mass is 10.1. The van der Waals surface area contributed by atoms with Crippen molar-refractivity contribution >= 4 is 35.2 Å². The molecule has 0 saturated carbocycles. The quantitative estimate of drug-likeness (QED) is 0.817. The van der Waals surface area contributed by atoms with E-state index in [-0.39, 0.29) is 22.2 Å². The third-order valence-corrected chi connectivity index (χ3v) is 3.61. The molecular formula is C18H16ClNO3. The minimum Gasteiger partial charge on any atom is -0.478 e. The van der Waals surface area contributed by atoms with Crippen LogP contribution in [0, 0.1) is 6.92 Å². The van der Waals surface area contributed by atoms with Crippen LogP contribution in [-0.4, -0.2) is 17.0 Å². The van der Waals surface area contributed by atoms with Gasteiger partial charge in [-0.25, -0.2) is 4.79 Å². The molecule has 0 unspecified atom stereocenters. The number of carboxylic acids is 1. The normalized spacial score (nSPS) is 11.2. The lowest BCUT2D eigenvalue weighted by Gasteiger charge is -2.08. The molecule has 4 nitrogen and oxygen atoms in total. The van der Waals surface area contributed by atoms with Crippen LogP contribution >= 0.6 is 11.6 Å². The lowest BCUT2D eigenvalue weighted by molar-refractivity contribution is -0.112. The Morgan fingerprint density at radius 1 is 1.13 bits per heavy atom. The van der Waals surface area contributed by atoms with Crippen molar-refractivity contribution in [2.45, 2.75) is 13.8 Å². The first kappa shape index (κ1) is 16.8. The summed E-state index contributed by atoms with van der Waals surface area (Å²) >= 11 is 6.00. The minimum absolute atomic E-state index is 0.0601. The number of hydrogen-bond acceptors (Lipinski definition) is 2. The van der Waals surface area contributed by atoms with Gasteiger partial charge in [0.1, 0.15) is 0 Å². The van der Waals surface area contributed by atoms with Crippen molar-refractivity contribution in [3.05, 3.63) is 69.8 Å². The molecule has 0 heterocycles. The van der Waals surface area contributed by atoms with Crippen molar-refractivity contribution < 1.29 is 14.7 Å². The van der Waals surface area contributed by atoms with E-state index in [2.05, 4.69) is 5.32 Å². The van der Waals surface area contributed by atoms with Gasteiger partial charge in [-0.05, 0) is 43.7 Å². The number of nitrogens with one attached hydrogen (secondary N) is 1. The van der Waals surface area contributed by atoms with Crippen molar-refractivity contribution in [3.8, 4) is 0 Å². The Hall–Kier alpha value is -2.59. The number of carboxylic acid groups (broad SMARTS) is 1. The van der Waals surface area contributed by atoms with Crippen LogP contribution in [0.3, 0.4) is 0 Å². The van der Waals surface area contributed by atoms with Gasteiger partial charge in [0.2, 0.25) is 0 Å². The number of carbonyl (C=O) groups excluding carboxylic acids is 1. The molecule has 0 spiro atoms. The summed E-state index contributed by atoms with van der Waals surface area (Å²) in [6, 6.07) is 11.9. The summed E-state index contributed by atoms with van der Waals surface area (Å²) < 4.78 is 0. The second-order valence-corrected chi connectivity index (χ2v) is 5.60. The number of benzene rings is 2. The molecule has 23 heavy (non-hydrogen) atoms. The Morgan fingerprint density at radius 2 is 1.78 bits per heavy atom. The third kappa shape index (κ3) is 4.44. The number of aromatic carboxylic acids is 1. The van der Waals surface area contributed by atoms with E-state index in [0.29, 0.717) is 5.57 Å². The third-order valence-electron chi connectivity index (χ3n) is 3.28. The topological polar surface area (TPSA) is 66.4 Å². The van der Waals surface area contributed by atoms with Crippen molar-refractivity contribution in [2.24, 2.45) is 0 Å². The van der Waals surface area contributed by atoms with Crippen molar-refractivity contribution in [1.82, 2.24) is 0 Å². The number of amides is 1. The average molecular weight is 330 g/mol. The zero-order valence-corrected chi connectivity index (χ0v) is 13.5. The van der Waals surface area contributed by atoms with Crippen LogP contribution in [0.4, 0.5) is 5.69 Å². The number of carbonyl (C=O) groups is 2. The second-order valence-electron chi connectivity index (χ2n) is 5.19. The van der Waals surface area contributed by atoms with E-state index in [9.17, 15) is 9.59 Å². The molecule has 2 aromatic carbocycles. The number of rotatable bonds is 4. The highest BCUT2D eigenvalue weighted by molar-refractivity contribution is 6.34. The van der Waals surface area contributed by atoms with E-state index in [1.54, 1.807) is 13.0 Å². The van der Waals surface area contributed by atoms with Crippen molar-refractivity contribution in [1.29, 1.82) is 0 Å². The minimum atomic E-state index is -1.08. The fourth-order valence-electron chi connectivity index (χ4n) is 1.95. The zero-order valence-electron chi connectivity index (χ0n) is 12.8. The molecule has 0 fully saturated rings. The Bertz CT molecular complexity index is 779. The van der Waals surface area contributed by atoms with Gasteiger partial charge in [-0.15, -0.1) is 0 Å². The van der Waals surface area contributed by atoms with Gasteiger partial charge in [-0.2, -0.15) is 0 Å².